The average molecular weight is 181 g/mol. The smallest absolute Gasteiger partial charge is 0.240 e. The van der Waals surface area contributed by atoms with Gasteiger partial charge in [-0.05, 0) is 6.07 Å². The summed E-state index contributed by atoms with van der Waals surface area (Å²) >= 11 is 0. The van der Waals surface area contributed by atoms with Crippen molar-refractivity contribution in [1.82, 2.24) is 9.97 Å². The lowest BCUT2D eigenvalue weighted by molar-refractivity contribution is -0.114. The van der Waals surface area contributed by atoms with Crippen LogP contribution in [0.2, 0.25) is 0 Å². The van der Waals surface area contributed by atoms with Gasteiger partial charge in [0, 0.05) is 12.7 Å². The van der Waals surface area contributed by atoms with Gasteiger partial charge >= 0.3 is 0 Å². The molecule has 0 bridgehead atoms. The van der Waals surface area contributed by atoms with Crippen molar-refractivity contribution in [2.75, 3.05) is 11.9 Å². The van der Waals surface area contributed by atoms with Crippen LogP contribution < -0.4 is 16.8 Å². The van der Waals surface area contributed by atoms with Gasteiger partial charge in [-0.25, -0.2) is 9.97 Å². The first-order valence-corrected chi connectivity index (χ1v) is 3.78. The number of hydrogen-bond donors (Lipinski definition) is 3. The Hall–Kier alpha value is -1.53. The van der Waals surface area contributed by atoms with Gasteiger partial charge in [-0.1, -0.05) is 0 Å². The number of aromatic nitrogens is 2. The van der Waals surface area contributed by atoms with E-state index in [-0.39, 0.29) is 18.4 Å². The van der Waals surface area contributed by atoms with E-state index in [9.17, 15) is 4.79 Å². The largest absolute Gasteiger partial charge is 0.325 e. The third kappa shape index (κ3) is 2.77. The highest BCUT2D eigenvalue weighted by Gasteiger charge is 2.01. The summed E-state index contributed by atoms with van der Waals surface area (Å²) in [5.74, 6) is -0.0902. The lowest BCUT2D eigenvalue weighted by Gasteiger charge is -2.02. The van der Waals surface area contributed by atoms with Gasteiger partial charge < -0.3 is 11.5 Å². The highest BCUT2D eigenvalue weighted by Crippen LogP contribution is 1.98. The average Bonchev–Trinajstić information content (AvgIpc) is 2.18. The zero-order valence-electron chi connectivity index (χ0n) is 7.03. The molecule has 6 heteroatoms. The first-order chi connectivity index (χ1) is 6.26. The molecule has 0 aromatic carbocycles. The van der Waals surface area contributed by atoms with Gasteiger partial charge in [0.25, 0.3) is 0 Å². The second-order valence-electron chi connectivity index (χ2n) is 2.33. The molecule has 1 aromatic heterocycles. The predicted molar refractivity (Wildman–Crippen MR) is 47.6 cm³/mol. The molecule has 1 heterocycles. The number of hydrogen-bond acceptors (Lipinski definition) is 5. The second kappa shape index (κ2) is 4.48. The minimum Gasteiger partial charge on any atom is -0.325 e. The molecule has 0 atom stereocenters. The van der Waals surface area contributed by atoms with Crippen LogP contribution >= 0.6 is 0 Å². The fraction of sp³-hybridized carbons (Fsp3) is 0.286. The third-order valence-corrected chi connectivity index (χ3v) is 1.36. The minimum absolute atomic E-state index is 0.0871. The normalized spacial score (nSPS) is 9.69. The van der Waals surface area contributed by atoms with Crippen molar-refractivity contribution in [3.05, 3.63) is 18.0 Å². The molecule has 0 saturated heterocycles. The lowest BCUT2D eigenvalue weighted by Crippen LogP contribution is -2.23. The molecule has 0 aliphatic rings. The van der Waals surface area contributed by atoms with Gasteiger partial charge in [-0.15, -0.1) is 0 Å². The number of anilines is 1. The predicted octanol–water partition coefficient (Wildman–Crippen LogP) is -1.17. The van der Waals surface area contributed by atoms with Crippen molar-refractivity contribution in [3.8, 4) is 0 Å². The van der Waals surface area contributed by atoms with Crippen LogP contribution in [-0.4, -0.2) is 22.4 Å². The number of nitrogens with two attached hydrogens (primary N) is 2. The Bertz CT molecular complexity index is 301. The van der Waals surface area contributed by atoms with Crippen molar-refractivity contribution in [2.45, 2.75) is 6.54 Å². The summed E-state index contributed by atoms with van der Waals surface area (Å²) in [5.41, 5.74) is 11.1. The van der Waals surface area contributed by atoms with Gasteiger partial charge in [0.1, 0.15) is 0 Å². The van der Waals surface area contributed by atoms with Gasteiger partial charge in [0.05, 0.1) is 12.2 Å². The number of nitrogens with one attached hydrogen (secondary N) is 1. The Labute approximate surface area is 75.4 Å². The van der Waals surface area contributed by atoms with E-state index in [0.717, 1.165) is 0 Å². The number of amides is 1. The maximum atomic E-state index is 10.8. The number of carbonyl (C=O) groups is 1. The molecule has 1 amide bonds. The number of rotatable bonds is 3. The molecule has 0 radical (unpaired) electrons. The number of nitrogens with zero attached hydrogens (tertiary/aromatic N) is 2. The van der Waals surface area contributed by atoms with Crippen molar-refractivity contribution < 1.29 is 4.79 Å². The van der Waals surface area contributed by atoms with E-state index in [0.29, 0.717) is 12.2 Å². The maximum absolute atomic E-state index is 10.8. The van der Waals surface area contributed by atoms with Crippen LogP contribution in [0.4, 0.5) is 5.95 Å². The van der Waals surface area contributed by atoms with Crippen LogP contribution in [0.5, 0.6) is 0 Å². The molecule has 6 nitrogen and oxygen atoms in total. The van der Waals surface area contributed by atoms with Gasteiger partial charge in [-0.3, -0.25) is 10.1 Å². The highest BCUT2D eigenvalue weighted by atomic mass is 16.1. The van der Waals surface area contributed by atoms with Crippen molar-refractivity contribution >= 4 is 11.9 Å². The van der Waals surface area contributed by atoms with Crippen LogP contribution in [0.25, 0.3) is 0 Å². The summed E-state index contributed by atoms with van der Waals surface area (Å²) < 4.78 is 0. The molecular formula is C7H11N5O. The fourth-order valence-electron chi connectivity index (χ4n) is 0.746. The maximum Gasteiger partial charge on any atom is 0.240 e. The van der Waals surface area contributed by atoms with E-state index in [4.69, 9.17) is 11.5 Å². The zero-order chi connectivity index (χ0) is 9.68. The summed E-state index contributed by atoms with van der Waals surface area (Å²) in [7, 11) is 0. The van der Waals surface area contributed by atoms with E-state index >= 15 is 0 Å². The Morgan fingerprint density at radius 3 is 2.92 bits per heavy atom. The molecule has 0 fully saturated rings. The van der Waals surface area contributed by atoms with E-state index in [1.165, 1.54) is 6.20 Å². The molecule has 70 valence electrons. The lowest BCUT2D eigenvalue weighted by atomic mass is 10.4. The summed E-state index contributed by atoms with van der Waals surface area (Å²) in [6.45, 7) is 0.226. The molecule has 0 aliphatic heterocycles. The Morgan fingerprint density at radius 1 is 1.54 bits per heavy atom. The topological polar surface area (TPSA) is 107 Å². The fourth-order valence-corrected chi connectivity index (χ4v) is 0.746. The molecule has 1 rings (SSSR count). The molecule has 0 spiro atoms. The van der Waals surface area contributed by atoms with Crippen molar-refractivity contribution in [2.24, 2.45) is 11.5 Å². The summed E-state index contributed by atoms with van der Waals surface area (Å²) in [4.78, 5) is 18.6. The zero-order valence-corrected chi connectivity index (χ0v) is 7.03. The molecule has 0 aliphatic carbocycles. The van der Waals surface area contributed by atoms with Crippen LogP contribution in [0.1, 0.15) is 5.69 Å². The monoisotopic (exact) mass is 181 g/mol. The van der Waals surface area contributed by atoms with E-state index in [1.54, 1.807) is 6.07 Å². The van der Waals surface area contributed by atoms with E-state index in [1.807, 2.05) is 0 Å². The highest BCUT2D eigenvalue weighted by molar-refractivity contribution is 5.90. The van der Waals surface area contributed by atoms with Crippen LogP contribution in [0, 0.1) is 0 Å². The SMILES string of the molecule is NCC(=O)Nc1nccc(CN)n1. The molecule has 0 unspecified atom stereocenters. The Morgan fingerprint density at radius 2 is 2.31 bits per heavy atom. The standard InChI is InChI=1S/C7H11N5O/c8-3-5-1-2-10-7(11-5)12-6(13)4-9/h1-2H,3-4,8-9H2,(H,10,11,12,13). The summed E-state index contributed by atoms with van der Waals surface area (Å²) in [6, 6.07) is 1.68. The van der Waals surface area contributed by atoms with Crippen LogP contribution in [0.3, 0.4) is 0 Å². The second-order valence-corrected chi connectivity index (χ2v) is 2.33. The molecule has 5 N–H and O–H groups in total. The quantitative estimate of drug-likeness (QED) is 0.544. The van der Waals surface area contributed by atoms with Crippen LogP contribution in [-0.2, 0) is 11.3 Å². The van der Waals surface area contributed by atoms with E-state index in [2.05, 4.69) is 15.3 Å². The number of carbonyl (C=O) groups excluding carboxylic acids is 1. The molecule has 0 saturated carbocycles. The summed E-state index contributed by atoms with van der Waals surface area (Å²) in [6.07, 6.45) is 1.53. The Balaban J connectivity index is 2.71. The van der Waals surface area contributed by atoms with Crippen molar-refractivity contribution in [1.29, 1.82) is 0 Å². The minimum atomic E-state index is -0.325. The first-order valence-electron chi connectivity index (χ1n) is 3.78. The van der Waals surface area contributed by atoms with E-state index < -0.39 is 0 Å². The first kappa shape index (κ1) is 9.56. The third-order valence-electron chi connectivity index (χ3n) is 1.36. The van der Waals surface area contributed by atoms with Crippen molar-refractivity contribution in [3.63, 3.8) is 0 Å². The molecular weight excluding hydrogens is 170 g/mol. The molecule has 13 heavy (non-hydrogen) atoms. The Kier molecular flexibility index (Phi) is 3.30. The van der Waals surface area contributed by atoms with Gasteiger partial charge in [0.15, 0.2) is 0 Å². The van der Waals surface area contributed by atoms with Gasteiger partial charge in [-0.2, -0.15) is 0 Å². The summed E-state index contributed by atoms with van der Waals surface area (Å²) in [5, 5.41) is 2.42. The molecule has 1 aromatic rings. The van der Waals surface area contributed by atoms with Crippen LogP contribution in [0.15, 0.2) is 12.3 Å². The van der Waals surface area contributed by atoms with Gasteiger partial charge in [0.2, 0.25) is 11.9 Å².